The molecular weight excluding hydrogens is 479 g/mol. The number of fused-ring (bicyclic) bond motifs is 1. The molecule has 0 saturated carbocycles. The van der Waals surface area contributed by atoms with Gasteiger partial charge in [0.05, 0.1) is 12.0 Å². The number of rotatable bonds is 6. The lowest BCUT2D eigenvalue weighted by Gasteiger charge is -2.43. The van der Waals surface area contributed by atoms with E-state index < -0.39 is 5.60 Å². The van der Waals surface area contributed by atoms with Gasteiger partial charge in [-0.15, -0.1) is 0 Å². The van der Waals surface area contributed by atoms with Crippen molar-refractivity contribution in [3.63, 3.8) is 0 Å². The third-order valence-electron chi connectivity index (χ3n) is 6.28. The first-order valence-electron chi connectivity index (χ1n) is 11.2. The molecule has 1 saturated heterocycles. The number of carbonyl (C=O) groups is 3. The van der Waals surface area contributed by atoms with Crippen LogP contribution in [-0.4, -0.2) is 54.3 Å². The Labute approximate surface area is 208 Å². The molecule has 34 heavy (non-hydrogen) atoms. The second kappa shape index (κ2) is 10.2. The number of nitrogens with zero attached hydrogens (tertiary/aromatic N) is 1. The first-order valence-corrected chi connectivity index (χ1v) is 12.0. The molecule has 4 rings (SSSR count). The second-order valence-electron chi connectivity index (χ2n) is 8.67. The molecule has 1 N–H and O–H groups in total. The number of Topliss-reactive ketones (excluding diaryl/α,β-unsaturated/α-hetero) is 1. The standard InChI is InChI=1S/C25H26Cl2N2O5/c1-16(30)29-10-7-25(8-11-29)14-22(31)20-5-4-19(13-23(20)34-25)33-15-24(32)28-9-6-17-2-3-18(26)12-21(17)27/h2-5,12-13H,6-11,14-15H2,1H3,(H,28,32). The van der Waals surface area contributed by atoms with Crippen LogP contribution >= 0.6 is 23.2 Å². The quantitative estimate of drug-likeness (QED) is 0.640. The third-order valence-corrected chi connectivity index (χ3v) is 6.87. The molecule has 2 aromatic carbocycles. The minimum Gasteiger partial charge on any atom is -0.486 e. The van der Waals surface area contributed by atoms with E-state index in [2.05, 4.69) is 5.32 Å². The number of halogens is 2. The van der Waals surface area contributed by atoms with Gasteiger partial charge < -0.3 is 19.7 Å². The summed E-state index contributed by atoms with van der Waals surface area (Å²) in [6, 6.07) is 10.3. The van der Waals surface area contributed by atoms with Crippen molar-refractivity contribution in [1.82, 2.24) is 10.2 Å². The van der Waals surface area contributed by atoms with Gasteiger partial charge in [-0.1, -0.05) is 29.3 Å². The zero-order valence-electron chi connectivity index (χ0n) is 18.9. The highest BCUT2D eigenvalue weighted by Gasteiger charge is 2.43. The molecule has 1 spiro atoms. The van der Waals surface area contributed by atoms with Gasteiger partial charge in [0.1, 0.15) is 17.1 Å². The van der Waals surface area contributed by atoms with Crippen molar-refractivity contribution in [3.8, 4) is 11.5 Å². The highest BCUT2D eigenvalue weighted by atomic mass is 35.5. The van der Waals surface area contributed by atoms with E-state index in [4.69, 9.17) is 32.7 Å². The summed E-state index contributed by atoms with van der Waals surface area (Å²) in [7, 11) is 0. The minimum atomic E-state index is -0.602. The maximum absolute atomic E-state index is 12.7. The highest BCUT2D eigenvalue weighted by Crippen LogP contribution is 2.40. The van der Waals surface area contributed by atoms with E-state index in [1.165, 1.54) is 0 Å². The molecule has 0 atom stereocenters. The van der Waals surface area contributed by atoms with Crippen molar-refractivity contribution in [2.24, 2.45) is 0 Å². The van der Waals surface area contributed by atoms with Crippen LogP contribution in [0.5, 0.6) is 11.5 Å². The topological polar surface area (TPSA) is 84.9 Å². The Hall–Kier alpha value is -2.77. The number of amides is 2. The molecule has 180 valence electrons. The molecule has 1 fully saturated rings. The molecule has 0 unspecified atom stereocenters. The van der Waals surface area contributed by atoms with Crippen molar-refractivity contribution in [1.29, 1.82) is 0 Å². The van der Waals surface area contributed by atoms with Crippen LogP contribution in [0, 0.1) is 0 Å². The third kappa shape index (κ3) is 5.65. The van der Waals surface area contributed by atoms with E-state index in [9.17, 15) is 14.4 Å². The van der Waals surface area contributed by atoms with Crippen molar-refractivity contribution in [2.75, 3.05) is 26.2 Å². The molecule has 2 amide bonds. The number of likely N-dealkylation sites (tertiary alicyclic amines) is 1. The van der Waals surface area contributed by atoms with E-state index in [-0.39, 0.29) is 24.2 Å². The molecule has 2 aromatic rings. The molecule has 2 aliphatic heterocycles. The SMILES string of the molecule is CC(=O)N1CCC2(CC1)CC(=O)c1ccc(OCC(=O)NCCc3ccc(Cl)cc3Cl)cc1O2. The number of nitrogens with one attached hydrogen (secondary N) is 1. The van der Waals surface area contributed by atoms with Crippen LogP contribution in [0.4, 0.5) is 0 Å². The molecule has 0 aromatic heterocycles. The Morgan fingerprint density at radius 2 is 1.91 bits per heavy atom. The fourth-order valence-electron chi connectivity index (χ4n) is 4.33. The lowest BCUT2D eigenvalue weighted by Crippen LogP contribution is -2.51. The van der Waals surface area contributed by atoms with Crippen LogP contribution in [0.1, 0.15) is 42.1 Å². The summed E-state index contributed by atoms with van der Waals surface area (Å²) >= 11 is 12.1. The second-order valence-corrected chi connectivity index (χ2v) is 9.52. The van der Waals surface area contributed by atoms with Gasteiger partial charge in [-0.25, -0.2) is 0 Å². The maximum atomic E-state index is 12.7. The van der Waals surface area contributed by atoms with E-state index >= 15 is 0 Å². The van der Waals surface area contributed by atoms with Crippen molar-refractivity contribution in [2.45, 2.75) is 38.2 Å². The Morgan fingerprint density at radius 3 is 2.62 bits per heavy atom. The van der Waals surface area contributed by atoms with E-state index in [1.807, 2.05) is 6.07 Å². The van der Waals surface area contributed by atoms with Crippen LogP contribution in [0.3, 0.4) is 0 Å². The van der Waals surface area contributed by atoms with Gasteiger partial charge in [0.25, 0.3) is 5.91 Å². The fourth-order valence-corrected chi connectivity index (χ4v) is 4.84. The first kappa shape index (κ1) is 24.4. The normalized spacial score (nSPS) is 16.6. The molecule has 0 bridgehead atoms. The molecule has 2 heterocycles. The van der Waals surface area contributed by atoms with Crippen molar-refractivity contribution >= 4 is 40.8 Å². The summed E-state index contributed by atoms with van der Waals surface area (Å²) in [4.78, 5) is 38.4. The Balaban J connectivity index is 1.31. The average molecular weight is 505 g/mol. The summed E-state index contributed by atoms with van der Waals surface area (Å²) < 4.78 is 11.9. The summed E-state index contributed by atoms with van der Waals surface area (Å²) in [5.74, 6) is 0.682. The number of carbonyl (C=O) groups excluding carboxylic acids is 3. The fraction of sp³-hybridized carbons (Fsp3) is 0.400. The van der Waals surface area contributed by atoms with Crippen molar-refractivity contribution < 1.29 is 23.9 Å². The van der Waals surface area contributed by atoms with Gasteiger partial charge in [0, 0.05) is 55.5 Å². The number of ether oxygens (including phenoxy) is 2. The summed E-state index contributed by atoms with van der Waals surface area (Å²) in [6.45, 7) is 2.92. The Bertz CT molecular complexity index is 1110. The zero-order chi connectivity index (χ0) is 24.3. The van der Waals surface area contributed by atoms with Crippen LogP contribution < -0.4 is 14.8 Å². The van der Waals surface area contributed by atoms with Crippen LogP contribution in [0.15, 0.2) is 36.4 Å². The van der Waals surface area contributed by atoms with Crippen LogP contribution in [-0.2, 0) is 16.0 Å². The average Bonchev–Trinajstić information content (AvgIpc) is 2.79. The molecular formula is C25H26Cl2N2O5. The maximum Gasteiger partial charge on any atom is 0.257 e. The predicted octanol–water partition coefficient (Wildman–Crippen LogP) is 4.08. The summed E-state index contributed by atoms with van der Waals surface area (Å²) in [5, 5.41) is 3.92. The van der Waals surface area contributed by atoms with Gasteiger partial charge in [-0.2, -0.15) is 0 Å². The summed E-state index contributed by atoms with van der Waals surface area (Å²) in [6.07, 6.45) is 2.07. The molecule has 9 heteroatoms. The first-order chi connectivity index (χ1) is 16.2. The van der Waals surface area contributed by atoms with Crippen molar-refractivity contribution in [3.05, 3.63) is 57.6 Å². The van der Waals surface area contributed by atoms with E-state index in [1.54, 1.807) is 42.2 Å². The number of ketones is 1. The highest BCUT2D eigenvalue weighted by molar-refractivity contribution is 6.35. The number of hydrogen-bond acceptors (Lipinski definition) is 5. The zero-order valence-corrected chi connectivity index (χ0v) is 20.4. The van der Waals surface area contributed by atoms with E-state index in [0.717, 1.165) is 5.56 Å². The molecule has 7 nitrogen and oxygen atoms in total. The van der Waals surface area contributed by atoms with Crippen LogP contribution in [0.25, 0.3) is 0 Å². The van der Waals surface area contributed by atoms with Gasteiger partial charge in [0.15, 0.2) is 12.4 Å². The minimum absolute atomic E-state index is 0.0164. The Kier molecular flexibility index (Phi) is 7.33. The smallest absolute Gasteiger partial charge is 0.257 e. The van der Waals surface area contributed by atoms with Gasteiger partial charge in [0.2, 0.25) is 5.91 Å². The van der Waals surface area contributed by atoms with Crippen LogP contribution in [0.2, 0.25) is 10.0 Å². The predicted molar refractivity (Wildman–Crippen MR) is 129 cm³/mol. The number of piperidine rings is 1. The van der Waals surface area contributed by atoms with Gasteiger partial charge >= 0.3 is 0 Å². The summed E-state index contributed by atoms with van der Waals surface area (Å²) in [5.41, 5.74) is 0.803. The van der Waals surface area contributed by atoms with Gasteiger partial charge in [-0.3, -0.25) is 14.4 Å². The monoisotopic (exact) mass is 504 g/mol. The largest absolute Gasteiger partial charge is 0.486 e. The van der Waals surface area contributed by atoms with E-state index in [0.29, 0.717) is 72.4 Å². The molecule has 0 radical (unpaired) electrons. The van der Waals surface area contributed by atoms with Gasteiger partial charge in [-0.05, 0) is 36.2 Å². The lowest BCUT2D eigenvalue weighted by molar-refractivity contribution is -0.132. The number of hydrogen-bond donors (Lipinski definition) is 1. The molecule has 0 aliphatic carbocycles. The molecule has 2 aliphatic rings. The Morgan fingerprint density at radius 1 is 1.15 bits per heavy atom. The lowest BCUT2D eigenvalue weighted by atomic mass is 9.82. The number of benzene rings is 2.